The molecule has 1 aromatic carbocycles. The molecule has 0 aromatic heterocycles. The Hall–Kier alpha value is -2.28. The van der Waals surface area contributed by atoms with Crippen molar-refractivity contribution in [3.63, 3.8) is 0 Å². The first-order chi connectivity index (χ1) is 11.0. The zero-order chi connectivity index (χ0) is 16.8. The Morgan fingerprint density at radius 2 is 1.70 bits per heavy atom. The lowest BCUT2D eigenvalue weighted by atomic mass is 10.1. The minimum absolute atomic E-state index is 0.114. The van der Waals surface area contributed by atoms with Crippen molar-refractivity contribution < 1.29 is 23.8 Å². The van der Waals surface area contributed by atoms with Gasteiger partial charge in [-0.15, -0.1) is 0 Å². The molecule has 0 unspecified atom stereocenters. The Kier molecular flexibility index (Phi) is 5.81. The van der Waals surface area contributed by atoms with Crippen LogP contribution in [0.2, 0.25) is 0 Å². The van der Waals surface area contributed by atoms with E-state index in [1.165, 1.54) is 14.2 Å². The van der Waals surface area contributed by atoms with Gasteiger partial charge in [-0.25, -0.2) is 0 Å². The van der Waals surface area contributed by atoms with Gasteiger partial charge in [-0.05, 0) is 19.1 Å². The largest absolute Gasteiger partial charge is 0.497 e. The minimum atomic E-state index is -0.613. The topological polar surface area (TPSA) is 77.1 Å². The zero-order valence-electron chi connectivity index (χ0n) is 13.6. The highest BCUT2D eigenvalue weighted by atomic mass is 16.5. The molecule has 0 radical (unpaired) electrons. The van der Waals surface area contributed by atoms with Gasteiger partial charge in [0.25, 0.3) is 5.91 Å². The van der Waals surface area contributed by atoms with Crippen molar-refractivity contribution in [2.75, 3.05) is 40.5 Å². The van der Waals surface area contributed by atoms with Crippen molar-refractivity contribution in [1.82, 2.24) is 10.2 Å². The normalized spacial score (nSPS) is 15.7. The highest BCUT2D eigenvalue weighted by Gasteiger charge is 2.24. The molecule has 1 saturated heterocycles. The number of nitrogens with zero attached hydrogens (tertiary/aromatic N) is 1. The highest BCUT2D eigenvalue weighted by molar-refractivity contribution is 5.98. The molecule has 126 valence electrons. The lowest BCUT2D eigenvalue weighted by Crippen LogP contribution is -2.50. The second-order valence-electron chi connectivity index (χ2n) is 5.23. The van der Waals surface area contributed by atoms with Gasteiger partial charge < -0.3 is 24.4 Å². The van der Waals surface area contributed by atoms with Gasteiger partial charge in [-0.1, -0.05) is 0 Å². The molecule has 1 aliphatic heterocycles. The number of benzene rings is 1. The number of carbonyl (C=O) groups excluding carboxylic acids is 2. The number of ether oxygens (including phenoxy) is 3. The third-order valence-corrected chi connectivity index (χ3v) is 3.65. The number of nitrogens with one attached hydrogen (secondary N) is 1. The number of methoxy groups -OCH3 is 2. The van der Waals surface area contributed by atoms with Gasteiger partial charge in [0, 0.05) is 24.7 Å². The van der Waals surface area contributed by atoms with Crippen LogP contribution in [0, 0.1) is 0 Å². The summed E-state index contributed by atoms with van der Waals surface area (Å²) < 4.78 is 15.5. The average molecular weight is 322 g/mol. The van der Waals surface area contributed by atoms with Crippen LogP contribution >= 0.6 is 0 Å². The van der Waals surface area contributed by atoms with Gasteiger partial charge >= 0.3 is 0 Å². The molecular weight excluding hydrogens is 300 g/mol. The quantitative estimate of drug-likeness (QED) is 0.863. The maximum atomic E-state index is 12.4. The second kappa shape index (κ2) is 7.82. The molecule has 2 rings (SSSR count). The molecule has 0 saturated carbocycles. The number of morpholine rings is 1. The Bertz CT molecular complexity index is 547. The van der Waals surface area contributed by atoms with Crippen molar-refractivity contribution in [2.24, 2.45) is 0 Å². The molecule has 23 heavy (non-hydrogen) atoms. The van der Waals surface area contributed by atoms with E-state index in [0.717, 1.165) is 0 Å². The van der Waals surface area contributed by atoms with Crippen molar-refractivity contribution in [1.29, 1.82) is 0 Å². The van der Waals surface area contributed by atoms with E-state index in [0.29, 0.717) is 43.4 Å². The first-order valence-corrected chi connectivity index (χ1v) is 7.45. The molecule has 0 aliphatic carbocycles. The number of hydrogen-bond donors (Lipinski definition) is 1. The lowest BCUT2D eigenvalue weighted by molar-refractivity contribution is -0.136. The van der Waals surface area contributed by atoms with Crippen LogP contribution < -0.4 is 14.8 Å². The summed E-state index contributed by atoms with van der Waals surface area (Å²) in [6.07, 6.45) is 0. The molecular formula is C16H22N2O5. The minimum Gasteiger partial charge on any atom is -0.497 e. The Balaban J connectivity index is 2.04. The Labute approximate surface area is 135 Å². The molecule has 1 aromatic rings. The molecule has 2 amide bonds. The van der Waals surface area contributed by atoms with Crippen LogP contribution in [0.4, 0.5) is 0 Å². The predicted octanol–water partition coefficient (Wildman–Crippen LogP) is 0.681. The maximum absolute atomic E-state index is 12.4. The van der Waals surface area contributed by atoms with E-state index in [9.17, 15) is 9.59 Å². The fourth-order valence-electron chi connectivity index (χ4n) is 2.34. The van der Waals surface area contributed by atoms with Gasteiger partial charge in [0.15, 0.2) is 0 Å². The van der Waals surface area contributed by atoms with Gasteiger partial charge in [0.05, 0.1) is 27.4 Å². The summed E-state index contributed by atoms with van der Waals surface area (Å²) in [5, 5.41) is 2.71. The summed E-state index contributed by atoms with van der Waals surface area (Å²) >= 11 is 0. The zero-order valence-corrected chi connectivity index (χ0v) is 13.6. The fraction of sp³-hybridized carbons (Fsp3) is 0.500. The van der Waals surface area contributed by atoms with E-state index < -0.39 is 6.04 Å². The fourth-order valence-corrected chi connectivity index (χ4v) is 2.34. The lowest BCUT2D eigenvalue weighted by Gasteiger charge is -2.29. The van der Waals surface area contributed by atoms with Crippen LogP contribution in [0.25, 0.3) is 0 Å². The predicted molar refractivity (Wildman–Crippen MR) is 83.9 cm³/mol. The van der Waals surface area contributed by atoms with Crippen molar-refractivity contribution in [2.45, 2.75) is 13.0 Å². The third-order valence-electron chi connectivity index (χ3n) is 3.65. The first kappa shape index (κ1) is 17.1. The smallest absolute Gasteiger partial charge is 0.252 e. The second-order valence-corrected chi connectivity index (χ2v) is 5.23. The van der Waals surface area contributed by atoms with E-state index in [-0.39, 0.29) is 11.8 Å². The molecule has 1 fully saturated rings. The maximum Gasteiger partial charge on any atom is 0.252 e. The molecule has 7 nitrogen and oxygen atoms in total. The van der Waals surface area contributed by atoms with Gasteiger partial charge in [0.1, 0.15) is 17.5 Å². The molecule has 1 heterocycles. The summed E-state index contributed by atoms with van der Waals surface area (Å²) in [5.41, 5.74) is 0.378. The number of rotatable bonds is 5. The molecule has 1 atom stereocenters. The van der Waals surface area contributed by atoms with Crippen LogP contribution in [-0.4, -0.2) is 63.3 Å². The molecule has 1 N–H and O–H groups in total. The summed E-state index contributed by atoms with van der Waals surface area (Å²) in [6.45, 7) is 3.82. The number of carbonyl (C=O) groups is 2. The van der Waals surface area contributed by atoms with Crippen LogP contribution in [0.3, 0.4) is 0 Å². The Morgan fingerprint density at radius 3 is 2.22 bits per heavy atom. The summed E-state index contributed by atoms with van der Waals surface area (Å²) in [6, 6.07) is 4.27. The van der Waals surface area contributed by atoms with Crippen LogP contribution in [0.5, 0.6) is 11.5 Å². The van der Waals surface area contributed by atoms with Crippen molar-refractivity contribution in [3.8, 4) is 11.5 Å². The van der Waals surface area contributed by atoms with E-state index >= 15 is 0 Å². The Morgan fingerprint density at radius 1 is 1.13 bits per heavy atom. The average Bonchev–Trinajstić information content (AvgIpc) is 2.61. The van der Waals surface area contributed by atoms with Gasteiger partial charge in [-0.2, -0.15) is 0 Å². The van der Waals surface area contributed by atoms with Gasteiger partial charge in [-0.3, -0.25) is 9.59 Å². The molecule has 7 heteroatoms. The number of amides is 2. The van der Waals surface area contributed by atoms with Crippen molar-refractivity contribution in [3.05, 3.63) is 23.8 Å². The summed E-state index contributed by atoms with van der Waals surface area (Å²) in [4.78, 5) is 26.4. The molecule has 0 bridgehead atoms. The van der Waals surface area contributed by atoms with Crippen molar-refractivity contribution >= 4 is 11.8 Å². The molecule has 1 aliphatic rings. The van der Waals surface area contributed by atoms with E-state index in [1.54, 1.807) is 30.0 Å². The summed E-state index contributed by atoms with van der Waals surface area (Å²) in [5.74, 6) is 0.566. The van der Waals surface area contributed by atoms with E-state index in [1.807, 2.05) is 0 Å². The highest BCUT2D eigenvalue weighted by Crippen LogP contribution is 2.22. The van der Waals surface area contributed by atoms with Crippen LogP contribution in [0.15, 0.2) is 18.2 Å². The van der Waals surface area contributed by atoms with Crippen LogP contribution in [-0.2, 0) is 9.53 Å². The van der Waals surface area contributed by atoms with E-state index in [2.05, 4.69) is 5.32 Å². The van der Waals surface area contributed by atoms with E-state index in [4.69, 9.17) is 14.2 Å². The number of hydrogen-bond acceptors (Lipinski definition) is 5. The van der Waals surface area contributed by atoms with Crippen LogP contribution in [0.1, 0.15) is 17.3 Å². The SMILES string of the molecule is COc1cc(OC)cc(C(=O)N[C@H](C)C(=O)N2CCOCC2)c1. The monoisotopic (exact) mass is 322 g/mol. The van der Waals surface area contributed by atoms with Gasteiger partial charge in [0.2, 0.25) is 5.91 Å². The first-order valence-electron chi connectivity index (χ1n) is 7.45. The third kappa shape index (κ3) is 4.35. The molecule has 0 spiro atoms. The summed E-state index contributed by atoms with van der Waals surface area (Å²) in [7, 11) is 3.03. The standard InChI is InChI=1S/C16H22N2O5/c1-11(16(20)18-4-6-23-7-5-18)17-15(19)12-8-13(21-2)10-14(9-12)22-3/h8-11H,4-7H2,1-3H3,(H,17,19)/t11-/m1/s1.